The number of carbonyl (C=O) groups is 1. The number of hydrogen-bond donors (Lipinski definition) is 1. The van der Waals surface area contributed by atoms with Gasteiger partial charge in [-0.1, -0.05) is 18.2 Å². The van der Waals surface area contributed by atoms with Gasteiger partial charge in [-0.25, -0.2) is 12.8 Å². The van der Waals surface area contributed by atoms with Crippen LogP contribution in [0.4, 0.5) is 10.1 Å². The molecule has 0 unspecified atom stereocenters. The second-order valence-electron chi connectivity index (χ2n) is 7.58. The first-order valence-corrected chi connectivity index (χ1v) is 11.4. The van der Waals surface area contributed by atoms with Gasteiger partial charge >= 0.3 is 0 Å². The van der Waals surface area contributed by atoms with Crippen molar-refractivity contribution >= 4 is 32.5 Å². The summed E-state index contributed by atoms with van der Waals surface area (Å²) in [5.74, 6) is -0.690. The highest BCUT2D eigenvalue weighted by Crippen LogP contribution is 2.25. The summed E-state index contributed by atoms with van der Waals surface area (Å²) in [6.07, 6.45) is 1.66. The standard InChI is InChI=1S/C22H23FN4O3S/c1-16-12-17-4-2-7-20(22(17)24-14-16)31(29,30)27-10-8-26(9-11-27)15-21(28)25-19-6-3-5-18(23)13-19/h2-7,12-14H,8-11,15H2,1H3,(H,25,28). The van der Waals surface area contributed by atoms with Crippen LogP contribution in [0.2, 0.25) is 0 Å². The van der Waals surface area contributed by atoms with Gasteiger partial charge < -0.3 is 5.32 Å². The molecule has 1 aliphatic heterocycles. The van der Waals surface area contributed by atoms with Gasteiger partial charge in [0.1, 0.15) is 10.7 Å². The van der Waals surface area contributed by atoms with Crippen molar-refractivity contribution in [2.75, 3.05) is 38.0 Å². The van der Waals surface area contributed by atoms with Crippen LogP contribution in [0.25, 0.3) is 10.9 Å². The summed E-state index contributed by atoms with van der Waals surface area (Å²) in [6.45, 7) is 3.42. The van der Waals surface area contributed by atoms with Crippen molar-refractivity contribution in [3.05, 3.63) is 66.1 Å². The first-order chi connectivity index (χ1) is 14.8. The number of nitrogens with one attached hydrogen (secondary N) is 1. The topological polar surface area (TPSA) is 82.6 Å². The molecule has 4 rings (SSSR count). The number of rotatable bonds is 5. The Hall–Kier alpha value is -2.88. The van der Waals surface area contributed by atoms with E-state index in [1.165, 1.54) is 22.5 Å². The van der Waals surface area contributed by atoms with Gasteiger partial charge in [0.05, 0.1) is 12.1 Å². The molecule has 1 N–H and O–H groups in total. The average Bonchev–Trinajstić information content (AvgIpc) is 2.73. The molecule has 2 aromatic carbocycles. The normalized spacial score (nSPS) is 15.8. The van der Waals surface area contributed by atoms with Crippen LogP contribution in [0.15, 0.2) is 59.6 Å². The lowest BCUT2D eigenvalue weighted by Crippen LogP contribution is -2.50. The third-order valence-corrected chi connectivity index (χ3v) is 7.17. The highest BCUT2D eigenvalue weighted by Gasteiger charge is 2.30. The number of amides is 1. The molecule has 31 heavy (non-hydrogen) atoms. The van der Waals surface area contributed by atoms with E-state index in [0.29, 0.717) is 24.3 Å². The Morgan fingerprint density at radius 2 is 1.84 bits per heavy atom. The SMILES string of the molecule is Cc1cnc2c(S(=O)(=O)N3CCN(CC(=O)Nc4cccc(F)c4)CC3)cccc2c1. The summed E-state index contributed by atoms with van der Waals surface area (Å²) < 4.78 is 41.2. The Kier molecular flexibility index (Phi) is 5.99. The molecule has 1 fully saturated rings. The van der Waals surface area contributed by atoms with E-state index >= 15 is 0 Å². The lowest BCUT2D eigenvalue weighted by atomic mass is 10.2. The van der Waals surface area contributed by atoms with Gasteiger partial charge in [-0.2, -0.15) is 4.31 Å². The number of anilines is 1. The third kappa shape index (κ3) is 4.73. The van der Waals surface area contributed by atoms with Crippen LogP contribution in [0, 0.1) is 12.7 Å². The molecule has 0 saturated carbocycles. The lowest BCUT2D eigenvalue weighted by Gasteiger charge is -2.33. The molecule has 1 aliphatic rings. The Balaban J connectivity index is 1.41. The largest absolute Gasteiger partial charge is 0.325 e. The van der Waals surface area contributed by atoms with Crippen molar-refractivity contribution in [2.24, 2.45) is 0 Å². The van der Waals surface area contributed by atoms with Crippen LogP contribution < -0.4 is 5.32 Å². The summed E-state index contributed by atoms with van der Waals surface area (Å²) >= 11 is 0. The highest BCUT2D eigenvalue weighted by molar-refractivity contribution is 7.89. The lowest BCUT2D eigenvalue weighted by molar-refractivity contribution is -0.117. The zero-order valence-electron chi connectivity index (χ0n) is 17.1. The predicted molar refractivity (Wildman–Crippen MR) is 117 cm³/mol. The smallest absolute Gasteiger partial charge is 0.245 e. The minimum absolute atomic E-state index is 0.111. The molecule has 7 nitrogen and oxygen atoms in total. The van der Waals surface area contributed by atoms with Crippen molar-refractivity contribution < 1.29 is 17.6 Å². The van der Waals surface area contributed by atoms with Gasteiger partial charge in [-0.3, -0.25) is 14.7 Å². The number of halogens is 1. The first-order valence-electron chi connectivity index (χ1n) is 9.96. The summed E-state index contributed by atoms with van der Waals surface area (Å²) in [7, 11) is -3.70. The van der Waals surface area contributed by atoms with E-state index in [2.05, 4.69) is 10.3 Å². The van der Waals surface area contributed by atoms with Crippen LogP contribution in [-0.4, -0.2) is 61.2 Å². The minimum atomic E-state index is -3.70. The van der Waals surface area contributed by atoms with E-state index < -0.39 is 15.8 Å². The number of hydrogen-bond acceptors (Lipinski definition) is 5. The minimum Gasteiger partial charge on any atom is -0.325 e. The Bertz CT molecular complexity index is 1220. The fourth-order valence-electron chi connectivity index (χ4n) is 3.69. The van der Waals surface area contributed by atoms with E-state index in [4.69, 9.17) is 0 Å². The molecule has 2 heterocycles. The quantitative estimate of drug-likeness (QED) is 0.657. The monoisotopic (exact) mass is 442 g/mol. The Morgan fingerprint density at radius 3 is 2.58 bits per heavy atom. The molecule has 0 bridgehead atoms. The van der Waals surface area contributed by atoms with Crippen LogP contribution in [0.3, 0.4) is 0 Å². The summed E-state index contributed by atoms with van der Waals surface area (Å²) in [5, 5.41) is 3.45. The predicted octanol–water partition coefficient (Wildman–Crippen LogP) is 2.63. The number of nitrogens with zero attached hydrogens (tertiary/aromatic N) is 3. The number of fused-ring (bicyclic) bond motifs is 1. The zero-order chi connectivity index (χ0) is 22.0. The van der Waals surface area contributed by atoms with Gasteiger partial charge in [0, 0.05) is 43.4 Å². The van der Waals surface area contributed by atoms with Gasteiger partial charge in [0.2, 0.25) is 15.9 Å². The fraction of sp³-hybridized carbons (Fsp3) is 0.273. The van der Waals surface area contributed by atoms with Gasteiger partial charge in [-0.05, 0) is 42.8 Å². The van der Waals surface area contributed by atoms with Crippen molar-refractivity contribution in [1.29, 1.82) is 0 Å². The number of sulfonamides is 1. The van der Waals surface area contributed by atoms with E-state index in [-0.39, 0.29) is 30.4 Å². The summed E-state index contributed by atoms with van der Waals surface area (Å²) in [4.78, 5) is 18.7. The molecule has 0 aliphatic carbocycles. The number of aromatic nitrogens is 1. The van der Waals surface area contributed by atoms with Crippen LogP contribution in [0.5, 0.6) is 0 Å². The number of benzene rings is 2. The van der Waals surface area contributed by atoms with Crippen molar-refractivity contribution in [3.63, 3.8) is 0 Å². The molecular weight excluding hydrogens is 419 g/mol. The number of pyridine rings is 1. The second kappa shape index (κ2) is 8.70. The Morgan fingerprint density at radius 1 is 1.10 bits per heavy atom. The zero-order valence-corrected chi connectivity index (χ0v) is 17.9. The summed E-state index contributed by atoms with van der Waals surface area (Å²) in [5.41, 5.74) is 1.82. The maximum Gasteiger partial charge on any atom is 0.245 e. The van der Waals surface area contributed by atoms with Crippen LogP contribution >= 0.6 is 0 Å². The average molecular weight is 443 g/mol. The number of carbonyl (C=O) groups excluding carboxylic acids is 1. The molecule has 3 aromatic rings. The molecule has 9 heteroatoms. The van der Waals surface area contributed by atoms with Gasteiger partial charge in [0.25, 0.3) is 0 Å². The van der Waals surface area contributed by atoms with Crippen LogP contribution in [0.1, 0.15) is 5.56 Å². The second-order valence-corrected chi connectivity index (χ2v) is 9.49. The number of aryl methyl sites for hydroxylation is 1. The third-order valence-electron chi connectivity index (χ3n) is 5.24. The Labute approximate surface area is 180 Å². The molecule has 1 saturated heterocycles. The van der Waals surface area contributed by atoms with Gasteiger partial charge in [0.15, 0.2) is 0 Å². The number of para-hydroxylation sites is 1. The molecule has 1 aromatic heterocycles. The molecule has 0 spiro atoms. The van der Waals surface area contributed by atoms with Crippen LogP contribution in [-0.2, 0) is 14.8 Å². The van der Waals surface area contributed by atoms with E-state index in [1.807, 2.05) is 24.0 Å². The highest BCUT2D eigenvalue weighted by atomic mass is 32.2. The van der Waals surface area contributed by atoms with Gasteiger partial charge in [-0.15, -0.1) is 0 Å². The number of piperazine rings is 1. The first kappa shape index (κ1) is 21.4. The maximum absolute atomic E-state index is 13.3. The fourth-order valence-corrected chi connectivity index (χ4v) is 5.28. The van der Waals surface area contributed by atoms with E-state index in [0.717, 1.165) is 10.9 Å². The van der Waals surface area contributed by atoms with Crippen molar-refractivity contribution in [2.45, 2.75) is 11.8 Å². The molecule has 0 atom stereocenters. The molecular formula is C22H23FN4O3S. The van der Waals surface area contributed by atoms with Crippen molar-refractivity contribution in [3.8, 4) is 0 Å². The van der Waals surface area contributed by atoms with E-state index in [9.17, 15) is 17.6 Å². The van der Waals surface area contributed by atoms with E-state index in [1.54, 1.807) is 24.4 Å². The maximum atomic E-state index is 13.3. The molecule has 162 valence electrons. The molecule has 1 amide bonds. The van der Waals surface area contributed by atoms with Crippen molar-refractivity contribution in [1.82, 2.24) is 14.2 Å². The molecule has 0 radical (unpaired) electrons. The summed E-state index contributed by atoms with van der Waals surface area (Å²) in [6, 6.07) is 12.8.